The molecular weight excluding hydrogens is 456 g/mol. The van der Waals surface area contributed by atoms with Crippen molar-refractivity contribution in [2.45, 2.75) is 26.4 Å². The minimum atomic E-state index is -1.02. The highest BCUT2D eigenvalue weighted by Crippen LogP contribution is 2.04. The van der Waals surface area contributed by atoms with Crippen LogP contribution in [0.4, 0.5) is 5.82 Å². The van der Waals surface area contributed by atoms with Crippen LogP contribution in [0, 0.1) is 0 Å². The van der Waals surface area contributed by atoms with Crippen molar-refractivity contribution in [1.82, 2.24) is 26.3 Å². The molecule has 2 rings (SSSR count). The summed E-state index contributed by atoms with van der Waals surface area (Å²) in [5.74, 6) is -3.60. The van der Waals surface area contributed by atoms with Gasteiger partial charge in [-0.05, 0) is 24.6 Å². The molecule has 12 nitrogen and oxygen atoms in total. The number of benzene rings is 1. The summed E-state index contributed by atoms with van der Waals surface area (Å²) in [6.45, 7) is 1.94. The van der Waals surface area contributed by atoms with Crippen molar-refractivity contribution >= 4 is 41.1 Å². The lowest BCUT2D eigenvalue weighted by molar-refractivity contribution is -0.138. The van der Waals surface area contributed by atoms with E-state index in [1.807, 2.05) is 6.07 Å². The van der Waals surface area contributed by atoms with Gasteiger partial charge in [0.15, 0.2) is 0 Å². The molecule has 0 aliphatic rings. The summed E-state index contributed by atoms with van der Waals surface area (Å²) in [6.07, 6.45) is 1.24. The first kappa shape index (κ1) is 26.6. The summed E-state index contributed by atoms with van der Waals surface area (Å²) in [5, 5.41) is 12.0. The number of amides is 5. The average Bonchev–Trinajstić information content (AvgIpc) is 2.84. The number of nitrogens with zero attached hydrogens (tertiary/aromatic N) is 1. The second-order valence-corrected chi connectivity index (χ2v) is 7.39. The Morgan fingerprint density at radius 1 is 0.886 bits per heavy atom. The fourth-order valence-corrected chi connectivity index (χ4v) is 2.68. The van der Waals surface area contributed by atoms with Crippen molar-refractivity contribution in [2.75, 3.05) is 18.4 Å². The Balaban J connectivity index is 1.69. The molecular formula is C23H26N6O6. The van der Waals surface area contributed by atoms with E-state index in [1.54, 1.807) is 24.3 Å². The van der Waals surface area contributed by atoms with Gasteiger partial charge in [0.05, 0.1) is 18.7 Å². The van der Waals surface area contributed by atoms with Crippen molar-refractivity contribution in [3.8, 4) is 0 Å². The number of aromatic nitrogens is 1. The lowest BCUT2D eigenvalue weighted by atomic mass is 10.2. The predicted molar refractivity (Wildman–Crippen MR) is 125 cm³/mol. The van der Waals surface area contributed by atoms with E-state index in [0.717, 1.165) is 5.56 Å². The third kappa shape index (κ3) is 9.42. The van der Waals surface area contributed by atoms with E-state index < -0.39 is 48.5 Å². The minimum absolute atomic E-state index is 0.168. The van der Waals surface area contributed by atoms with Crippen LogP contribution in [-0.4, -0.2) is 59.4 Å². The summed E-state index contributed by atoms with van der Waals surface area (Å²) < 4.78 is 0. The maximum absolute atomic E-state index is 12.1. The van der Waals surface area contributed by atoms with Gasteiger partial charge >= 0.3 is 0 Å². The van der Waals surface area contributed by atoms with Gasteiger partial charge in [-0.3, -0.25) is 28.8 Å². The number of carbonyl (C=O) groups excluding carboxylic acids is 6. The second kappa shape index (κ2) is 13.2. The zero-order valence-electron chi connectivity index (χ0n) is 19.2. The highest BCUT2D eigenvalue weighted by atomic mass is 16.2. The molecule has 35 heavy (non-hydrogen) atoms. The normalized spacial score (nSPS) is 10.9. The van der Waals surface area contributed by atoms with E-state index in [-0.39, 0.29) is 23.8 Å². The standard InChI is InChI=1S/C23H26N6O6/c1-14(21(33)26-12-18(31)23(35)25-10-16-6-4-3-5-7-16)28-20(32)13-27-22(34)17-8-9-19(24-11-17)29-15(2)30/h3-9,11,14H,10,12-13H2,1-2H3,(H,25,35)(H,26,33)(H,27,34)(H,28,32)(H,24,29,30). The molecule has 0 aliphatic heterocycles. The molecule has 184 valence electrons. The molecule has 0 radical (unpaired) electrons. The highest BCUT2D eigenvalue weighted by Gasteiger charge is 2.19. The van der Waals surface area contributed by atoms with Gasteiger partial charge in [0.2, 0.25) is 23.5 Å². The largest absolute Gasteiger partial charge is 0.347 e. The van der Waals surface area contributed by atoms with Crippen LogP contribution < -0.4 is 26.6 Å². The van der Waals surface area contributed by atoms with Crippen LogP contribution in [-0.2, 0) is 30.5 Å². The molecule has 0 saturated heterocycles. The predicted octanol–water partition coefficient (Wildman–Crippen LogP) is -0.724. The molecule has 1 unspecified atom stereocenters. The molecule has 5 N–H and O–H groups in total. The average molecular weight is 482 g/mol. The molecule has 0 spiro atoms. The Labute approximate surface area is 201 Å². The molecule has 5 amide bonds. The SMILES string of the molecule is CC(=O)Nc1ccc(C(=O)NCC(=O)NC(C)C(=O)NCC(=O)C(=O)NCc2ccccc2)cn1. The van der Waals surface area contributed by atoms with Gasteiger partial charge in [-0.1, -0.05) is 30.3 Å². The number of pyridine rings is 1. The van der Waals surface area contributed by atoms with Crippen molar-refractivity contribution in [3.05, 3.63) is 59.8 Å². The molecule has 1 heterocycles. The van der Waals surface area contributed by atoms with Crippen molar-refractivity contribution < 1.29 is 28.8 Å². The maximum atomic E-state index is 12.1. The van der Waals surface area contributed by atoms with E-state index in [4.69, 9.17) is 0 Å². The zero-order valence-corrected chi connectivity index (χ0v) is 19.2. The molecule has 1 aromatic carbocycles. The zero-order chi connectivity index (χ0) is 25.8. The first-order chi connectivity index (χ1) is 16.7. The Bertz CT molecular complexity index is 1090. The topological polar surface area (TPSA) is 175 Å². The molecule has 1 atom stereocenters. The summed E-state index contributed by atoms with van der Waals surface area (Å²) in [4.78, 5) is 74.9. The number of rotatable bonds is 11. The molecule has 0 bridgehead atoms. The lowest BCUT2D eigenvalue weighted by Crippen LogP contribution is -2.49. The van der Waals surface area contributed by atoms with Crippen LogP contribution in [0.1, 0.15) is 29.8 Å². The lowest BCUT2D eigenvalue weighted by Gasteiger charge is -2.14. The number of hydrogen-bond acceptors (Lipinski definition) is 7. The molecule has 2 aromatic rings. The first-order valence-corrected chi connectivity index (χ1v) is 10.6. The molecule has 0 aliphatic carbocycles. The third-order valence-corrected chi connectivity index (χ3v) is 4.48. The van der Waals surface area contributed by atoms with E-state index in [9.17, 15) is 28.8 Å². The Morgan fingerprint density at radius 2 is 1.60 bits per heavy atom. The number of Topliss-reactive ketones (excluding diaryl/α,β-unsaturated/α-hetero) is 1. The minimum Gasteiger partial charge on any atom is -0.347 e. The number of anilines is 1. The summed E-state index contributed by atoms with van der Waals surface area (Å²) in [7, 11) is 0. The van der Waals surface area contributed by atoms with Crippen LogP contribution in [0.15, 0.2) is 48.7 Å². The number of ketones is 1. The second-order valence-electron chi connectivity index (χ2n) is 7.39. The molecule has 12 heteroatoms. The summed E-state index contributed by atoms with van der Waals surface area (Å²) in [5.41, 5.74) is 0.987. The van der Waals surface area contributed by atoms with Crippen LogP contribution in [0.5, 0.6) is 0 Å². The van der Waals surface area contributed by atoms with Crippen LogP contribution >= 0.6 is 0 Å². The van der Waals surface area contributed by atoms with E-state index in [0.29, 0.717) is 0 Å². The smallest absolute Gasteiger partial charge is 0.289 e. The first-order valence-electron chi connectivity index (χ1n) is 10.6. The van der Waals surface area contributed by atoms with Crippen molar-refractivity contribution in [3.63, 3.8) is 0 Å². The van der Waals surface area contributed by atoms with Gasteiger partial charge in [-0.2, -0.15) is 0 Å². The van der Waals surface area contributed by atoms with Gasteiger partial charge in [0.25, 0.3) is 11.8 Å². The fraction of sp³-hybridized carbons (Fsp3) is 0.261. The fourth-order valence-electron chi connectivity index (χ4n) is 2.68. The van der Waals surface area contributed by atoms with Crippen molar-refractivity contribution in [1.29, 1.82) is 0 Å². The van der Waals surface area contributed by atoms with Crippen LogP contribution in [0.25, 0.3) is 0 Å². The van der Waals surface area contributed by atoms with Gasteiger partial charge < -0.3 is 26.6 Å². The molecule has 0 fully saturated rings. The number of nitrogens with one attached hydrogen (secondary N) is 5. The van der Waals surface area contributed by atoms with Gasteiger partial charge in [0, 0.05) is 19.7 Å². The van der Waals surface area contributed by atoms with Gasteiger partial charge in [-0.25, -0.2) is 4.98 Å². The molecule has 0 saturated carbocycles. The monoisotopic (exact) mass is 482 g/mol. The number of hydrogen-bond donors (Lipinski definition) is 5. The van der Waals surface area contributed by atoms with Crippen LogP contribution in [0.3, 0.4) is 0 Å². The Morgan fingerprint density at radius 3 is 2.23 bits per heavy atom. The quantitative estimate of drug-likeness (QED) is 0.262. The summed E-state index contributed by atoms with van der Waals surface area (Å²) in [6, 6.07) is 10.9. The van der Waals surface area contributed by atoms with Crippen molar-refractivity contribution in [2.24, 2.45) is 0 Å². The van der Waals surface area contributed by atoms with E-state index in [1.165, 1.54) is 32.2 Å². The third-order valence-electron chi connectivity index (χ3n) is 4.48. The Kier molecular flexibility index (Phi) is 10.0. The van der Waals surface area contributed by atoms with E-state index in [2.05, 4.69) is 31.6 Å². The van der Waals surface area contributed by atoms with Gasteiger partial charge in [-0.15, -0.1) is 0 Å². The molecule has 1 aromatic heterocycles. The highest BCUT2D eigenvalue weighted by molar-refractivity contribution is 6.37. The van der Waals surface area contributed by atoms with E-state index >= 15 is 0 Å². The van der Waals surface area contributed by atoms with Crippen LogP contribution in [0.2, 0.25) is 0 Å². The summed E-state index contributed by atoms with van der Waals surface area (Å²) >= 11 is 0. The number of carbonyl (C=O) groups is 6. The maximum Gasteiger partial charge on any atom is 0.289 e. The van der Waals surface area contributed by atoms with Gasteiger partial charge in [0.1, 0.15) is 11.9 Å². The Hall–Kier alpha value is -4.61.